The Morgan fingerprint density at radius 3 is 2.56 bits per heavy atom. The van der Waals surface area contributed by atoms with Crippen LogP contribution in [0.1, 0.15) is 38.8 Å². The number of carbonyl (C=O) groups excluding carboxylic acids is 2. The summed E-state index contributed by atoms with van der Waals surface area (Å²) in [5.41, 5.74) is 6.10. The minimum Gasteiger partial charge on any atom is -0.369 e. The van der Waals surface area contributed by atoms with Crippen LogP contribution in [-0.4, -0.2) is 71.1 Å². The van der Waals surface area contributed by atoms with Gasteiger partial charge in [0.2, 0.25) is 0 Å². The third kappa shape index (κ3) is 5.56. The van der Waals surface area contributed by atoms with Gasteiger partial charge in [0.05, 0.1) is 5.56 Å². The zero-order chi connectivity index (χ0) is 27.5. The molecule has 3 heterocycles. The van der Waals surface area contributed by atoms with Gasteiger partial charge >= 0.3 is 0 Å². The average Bonchev–Trinajstić information content (AvgIpc) is 3.28. The lowest BCUT2D eigenvalue weighted by molar-refractivity contribution is 0.0954. The lowest BCUT2D eigenvalue weighted by atomic mass is 10.1. The van der Waals surface area contributed by atoms with E-state index in [-0.39, 0.29) is 11.8 Å². The number of nitrogens with one attached hydrogen (secondary N) is 3. The zero-order valence-corrected chi connectivity index (χ0v) is 22.8. The number of aromatic nitrogens is 3. The summed E-state index contributed by atoms with van der Waals surface area (Å²) < 4.78 is 1.65. The largest absolute Gasteiger partial charge is 0.369 e. The SMILES string of the molecule is CCNC(=O)c1cn2ncnc(Nc3cc(C(=O)Nc4cccc(N5CCN(C)CC5)c4)ccc3C)c2c1C. The van der Waals surface area contributed by atoms with E-state index in [4.69, 9.17) is 0 Å². The summed E-state index contributed by atoms with van der Waals surface area (Å²) in [4.78, 5) is 34.8. The summed E-state index contributed by atoms with van der Waals surface area (Å²) in [6.07, 6.45) is 3.14. The van der Waals surface area contributed by atoms with Gasteiger partial charge in [-0.3, -0.25) is 9.59 Å². The molecule has 1 saturated heterocycles. The Morgan fingerprint density at radius 2 is 1.79 bits per heavy atom. The van der Waals surface area contributed by atoms with E-state index in [2.05, 4.69) is 48.9 Å². The van der Waals surface area contributed by atoms with Gasteiger partial charge in [0.25, 0.3) is 11.8 Å². The van der Waals surface area contributed by atoms with Gasteiger partial charge in [-0.05, 0) is 69.3 Å². The molecule has 10 nitrogen and oxygen atoms in total. The fourth-order valence-electron chi connectivity index (χ4n) is 4.81. The molecular weight excluding hydrogens is 492 g/mol. The molecule has 2 amide bonds. The van der Waals surface area contributed by atoms with Gasteiger partial charge in [-0.1, -0.05) is 12.1 Å². The molecule has 2 aromatic heterocycles. The molecule has 4 aromatic rings. The van der Waals surface area contributed by atoms with Gasteiger partial charge in [0.1, 0.15) is 11.8 Å². The quantitative estimate of drug-likeness (QED) is 0.336. The number of rotatable bonds is 7. The zero-order valence-electron chi connectivity index (χ0n) is 22.8. The van der Waals surface area contributed by atoms with Crippen LogP contribution in [0.25, 0.3) is 5.52 Å². The first-order valence-electron chi connectivity index (χ1n) is 13.2. The van der Waals surface area contributed by atoms with Crippen LogP contribution in [0.15, 0.2) is 55.0 Å². The maximum absolute atomic E-state index is 13.2. The second-order valence-electron chi connectivity index (χ2n) is 9.88. The minimum atomic E-state index is -0.196. The summed E-state index contributed by atoms with van der Waals surface area (Å²) in [5.74, 6) is 0.204. The highest BCUT2D eigenvalue weighted by atomic mass is 16.2. The van der Waals surface area contributed by atoms with Gasteiger partial charge in [0.15, 0.2) is 5.82 Å². The molecule has 2 aromatic carbocycles. The molecule has 0 unspecified atom stereocenters. The smallest absolute Gasteiger partial charge is 0.255 e. The van der Waals surface area contributed by atoms with E-state index in [1.54, 1.807) is 10.7 Å². The second-order valence-corrected chi connectivity index (χ2v) is 9.88. The first kappa shape index (κ1) is 26.2. The van der Waals surface area contributed by atoms with Gasteiger partial charge in [-0.25, -0.2) is 9.50 Å². The van der Waals surface area contributed by atoms with Gasteiger partial charge in [-0.2, -0.15) is 5.10 Å². The number of benzene rings is 2. The molecule has 3 N–H and O–H groups in total. The van der Waals surface area contributed by atoms with E-state index in [1.165, 1.54) is 6.33 Å². The number of fused-ring (bicyclic) bond motifs is 1. The van der Waals surface area contributed by atoms with Crippen molar-refractivity contribution in [3.05, 3.63) is 77.2 Å². The number of piperazine rings is 1. The summed E-state index contributed by atoms with van der Waals surface area (Å²) in [5, 5.41) is 13.5. The molecule has 0 aliphatic carbocycles. The molecule has 0 saturated carbocycles. The summed E-state index contributed by atoms with van der Waals surface area (Å²) in [7, 11) is 2.13. The second kappa shape index (κ2) is 11.1. The van der Waals surface area contributed by atoms with Crippen molar-refractivity contribution in [2.75, 3.05) is 55.3 Å². The van der Waals surface area contributed by atoms with Gasteiger partial charge in [0, 0.05) is 61.5 Å². The Morgan fingerprint density at radius 1 is 1.00 bits per heavy atom. The number of likely N-dealkylation sites (N-methyl/N-ethyl adjacent to an activating group) is 1. The predicted molar refractivity (Wildman–Crippen MR) is 154 cm³/mol. The van der Waals surface area contributed by atoms with Crippen molar-refractivity contribution in [1.82, 2.24) is 24.8 Å². The van der Waals surface area contributed by atoms with Crippen LogP contribution in [0.4, 0.5) is 22.9 Å². The Kier molecular flexibility index (Phi) is 7.47. The molecule has 1 aliphatic rings. The number of aryl methyl sites for hydroxylation is 2. The monoisotopic (exact) mass is 526 g/mol. The lowest BCUT2D eigenvalue weighted by Crippen LogP contribution is -2.44. The molecule has 0 bridgehead atoms. The molecule has 10 heteroatoms. The Balaban J connectivity index is 1.37. The Labute approximate surface area is 228 Å². The van der Waals surface area contributed by atoms with E-state index in [9.17, 15) is 9.59 Å². The van der Waals surface area contributed by atoms with Gasteiger partial charge in [-0.15, -0.1) is 0 Å². The van der Waals surface area contributed by atoms with Crippen molar-refractivity contribution in [2.24, 2.45) is 0 Å². The Hall–Kier alpha value is -4.44. The molecule has 202 valence electrons. The molecule has 0 radical (unpaired) electrons. The van der Waals surface area contributed by atoms with E-state index >= 15 is 0 Å². The fourth-order valence-corrected chi connectivity index (χ4v) is 4.81. The number of hydrogen-bond acceptors (Lipinski definition) is 7. The van der Waals surface area contributed by atoms with E-state index in [0.29, 0.717) is 29.0 Å². The topological polar surface area (TPSA) is 107 Å². The first-order valence-corrected chi connectivity index (χ1v) is 13.2. The molecule has 5 rings (SSSR count). The summed E-state index contributed by atoms with van der Waals surface area (Å²) in [6, 6.07) is 13.5. The molecule has 39 heavy (non-hydrogen) atoms. The maximum atomic E-state index is 13.2. The standard InChI is InChI=1S/C29H34N8O2/c1-5-30-29(39)24-17-37-26(20(24)3)27(31-18-32-37)34-25-15-21(10-9-19(25)2)28(38)33-22-7-6-8-23(16-22)36-13-11-35(4)12-14-36/h6-10,15-18H,5,11-14H2,1-4H3,(H,30,39)(H,33,38)(H,31,32,34). The van der Waals surface area contributed by atoms with Crippen molar-refractivity contribution in [3.63, 3.8) is 0 Å². The van der Waals surface area contributed by atoms with Crippen molar-refractivity contribution < 1.29 is 9.59 Å². The van der Waals surface area contributed by atoms with E-state index in [1.807, 2.05) is 57.2 Å². The first-order chi connectivity index (χ1) is 18.8. The third-order valence-electron chi connectivity index (χ3n) is 7.13. The number of carbonyl (C=O) groups is 2. The van der Waals surface area contributed by atoms with E-state index < -0.39 is 0 Å². The fraction of sp³-hybridized carbons (Fsp3) is 0.310. The highest BCUT2D eigenvalue weighted by Crippen LogP contribution is 2.28. The molecule has 0 atom stereocenters. The highest BCUT2D eigenvalue weighted by molar-refractivity contribution is 6.05. The number of nitrogens with zero attached hydrogens (tertiary/aromatic N) is 5. The molecule has 1 fully saturated rings. The van der Waals surface area contributed by atoms with Crippen LogP contribution in [0.2, 0.25) is 0 Å². The van der Waals surface area contributed by atoms with Crippen LogP contribution in [0.5, 0.6) is 0 Å². The summed E-state index contributed by atoms with van der Waals surface area (Å²) in [6.45, 7) is 10.2. The van der Waals surface area contributed by atoms with Crippen LogP contribution in [0.3, 0.4) is 0 Å². The van der Waals surface area contributed by atoms with Crippen molar-refractivity contribution in [2.45, 2.75) is 20.8 Å². The number of amides is 2. The van der Waals surface area contributed by atoms with Gasteiger partial charge < -0.3 is 25.8 Å². The van der Waals surface area contributed by atoms with Crippen molar-refractivity contribution in [1.29, 1.82) is 0 Å². The predicted octanol–water partition coefficient (Wildman–Crippen LogP) is 3.84. The number of hydrogen-bond donors (Lipinski definition) is 3. The highest BCUT2D eigenvalue weighted by Gasteiger charge is 2.19. The van der Waals surface area contributed by atoms with Crippen LogP contribution >= 0.6 is 0 Å². The molecule has 0 spiro atoms. The average molecular weight is 527 g/mol. The van der Waals surface area contributed by atoms with Crippen molar-refractivity contribution in [3.8, 4) is 0 Å². The molecular formula is C29H34N8O2. The van der Waals surface area contributed by atoms with Crippen LogP contribution in [-0.2, 0) is 0 Å². The molecule has 1 aliphatic heterocycles. The number of anilines is 4. The maximum Gasteiger partial charge on any atom is 0.255 e. The summed E-state index contributed by atoms with van der Waals surface area (Å²) >= 11 is 0. The normalized spacial score (nSPS) is 13.9. The Bertz CT molecular complexity index is 1520. The minimum absolute atomic E-state index is 0.155. The van der Waals surface area contributed by atoms with E-state index in [0.717, 1.165) is 54.4 Å². The lowest BCUT2D eigenvalue weighted by Gasteiger charge is -2.34. The third-order valence-corrected chi connectivity index (χ3v) is 7.13. The van der Waals surface area contributed by atoms with Crippen LogP contribution < -0.4 is 20.9 Å². The van der Waals surface area contributed by atoms with Crippen LogP contribution in [0, 0.1) is 13.8 Å². The van der Waals surface area contributed by atoms with Crippen molar-refractivity contribution >= 4 is 40.2 Å².